The molecule has 2 aliphatic rings. The fraction of sp³-hybridized carbons (Fsp3) is 0.480. The molecule has 2 aromatic rings. The molecule has 2 atom stereocenters. The fourth-order valence-electron chi connectivity index (χ4n) is 4.32. The Labute approximate surface area is 204 Å². The molecule has 0 bridgehead atoms. The highest BCUT2D eigenvalue weighted by Gasteiger charge is 2.68. The van der Waals surface area contributed by atoms with Gasteiger partial charge in [0.25, 0.3) is 11.8 Å². The number of amides is 2. The van der Waals surface area contributed by atoms with E-state index in [1.165, 1.54) is 16.7 Å². The van der Waals surface area contributed by atoms with Crippen molar-refractivity contribution in [3.8, 4) is 5.75 Å². The van der Waals surface area contributed by atoms with Crippen molar-refractivity contribution in [1.29, 1.82) is 0 Å². The van der Waals surface area contributed by atoms with E-state index in [1.54, 1.807) is 13.0 Å². The van der Waals surface area contributed by atoms with Gasteiger partial charge in [0, 0.05) is 11.5 Å². The average molecular weight is 486 g/mol. The van der Waals surface area contributed by atoms with E-state index in [0.29, 0.717) is 41.9 Å². The molecule has 0 radical (unpaired) electrons. The number of nitrogens with zero attached hydrogens (tertiary/aromatic N) is 2. The number of carbonyl (C=O) groups excluding carboxylic acids is 2. The monoisotopic (exact) mass is 485 g/mol. The van der Waals surface area contributed by atoms with Gasteiger partial charge in [-0.15, -0.1) is 0 Å². The lowest BCUT2D eigenvalue weighted by Crippen LogP contribution is -2.56. The summed E-state index contributed by atoms with van der Waals surface area (Å²) in [5, 5.41) is 3.58. The smallest absolute Gasteiger partial charge is 0.271 e. The molecule has 1 aromatic heterocycles. The Bertz CT molecular complexity index is 1080. The van der Waals surface area contributed by atoms with Crippen LogP contribution < -0.4 is 10.1 Å². The highest BCUT2D eigenvalue weighted by molar-refractivity contribution is 7.99. The quantitative estimate of drug-likeness (QED) is 0.512. The van der Waals surface area contributed by atoms with Crippen LogP contribution in [0, 0.1) is 5.92 Å². The van der Waals surface area contributed by atoms with Gasteiger partial charge in [-0.05, 0) is 44.9 Å². The molecular weight excluding hydrogens is 454 g/mol. The maximum atomic E-state index is 13.8. The Morgan fingerprint density at radius 2 is 1.85 bits per heavy atom. The maximum Gasteiger partial charge on any atom is 0.271 e. The molecule has 2 aliphatic heterocycles. The van der Waals surface area contributed by atoms with Gasteiger partial charge >= 0.3 is 0 Å². The van der Waals surface area contributed by atoms with Crippen LogP contribution in [-0.4, -0.2) is 53.7 Å². The number of carbonyl (C=O) groups is 2. The standard InChI is InChI=1S/C25H31N3O5S/c1-6-31-13-14-33-25-20-18(22(29)28(25)24(5,16(3)4)23(30)27-25)15-19(32-7-2)21(26-20)34-17-11-9-8-10-12-17/h8-12,15-16H,6-7,13-14H2,1-5H3,(H,27,30). The van der Waals surface area contributed by atoms with Crippen LogP contribution >= 0.6 is 11.8 Å². The Hall–Kier alpha value is -2.62. The molecule has 4 rings (SSSR count). The number of hydrogen-bond acceptors (Lipinski definition) is 7. The summed E-state index contributed by atoms with van der Waals surface area (Å²) in [6, 6.07) is 11.5. The van der Waals surface area contributed by atoms with Crippen LogP contribution in [0.2, 0.25) is 0 Å². The third-order valence-corrected chi connectivity index (χ3v) is 7.35. The third-order valence-electron chi connectivity index (χ3n) is 6.36. The fourth-order valence-corrected chi connectivity index (χ4v) is 5.19. The summed E-state index contributed by atoms with van der Waals surface area (Å²) in [5.41, 5.74) is -0.375. The van der Waals surface area contributed by atoms with E-state index in [9.17, 15) is 9.59 Å². The average Bonchev–Trinajstić information content (AvgIpc) is 3.19. The summed E-state index contributed by atoms with van der Waals surface area (Å²) in [5.74, 6) is -1.73. The van der Waals surface area contributed by atoms with Crippen LogP contribution in [0.4, 0.5) is 0 Å². The van der Waals surface area contributed by atoms with Gasteiger partial charge in [0.2, 0.25) is 5.91 Å². The van der Waals surface area contributed by atoms with Crippen molar-refractivity contribution >= 4 is 23.6 Å². The first-order chi connectivity index (χ1) is 16.3. The van der Waals surface area contributed by atoms with Crippen LogP contribution in [0.15, 0.2) is 46.3 Å². The second-order valence-electron chi connectivity index (χ2n) is 8.62. The molecule has 2 amide bonds. The second kappa shape index (κ2) is 9.56. The van der Waals surface area contributed by atoms with E-state index in [0.717, 1.165) is 4.90 Å². The number of benzene rings is 1. The predicted octanol–water partition coefficient (Wildman–Crippen LogP) is 3.80. The van der Waals surface area contributed by atoms with Crippen LogP contribution in [0.1, 0.15) is 50.7 Å². The maximum absolute atomic E-state index is 13.8. The van der Waals surface area contributed by atoms with Crippen LogP contribution in [0.25, 0.3) is 0 Å². The number of nitrogens with one attached hydrogen (secondary N) is 1. The zero-order chi connectivity index (χ0) is 24.5. The summed E-state index contributed by atoms with van der Waals surface area (Å²) in [6.45, 7) is 10.9. The lowest BCUT2D eigenvalue weighted by molar-refractivity contribution is -0.165. The topological polar surface area (TPSA) is 90.0 Å². The van der Waals surface area contributed by atoms with Gasteiger partial charge in [0.15, 0.2) is 5.75 Å². The number of hydrogen-bond donors (Lipinski definition) is 1. The minimum Gasteiger partial charge on any atom is -0.491 e. The van der Waals surface area contributed by atoms with Crippen LogP contribution in [0.3, 0.4) is 0 Å². The SMILES string of the molecule is CCOCCOC12NC(=O)C(C)(C(C)C)N1C(=O)c1cc(OCC)c(Sc3ccccc3)nc12. The van der Waals surface area contributed by atoms with E-state index < -0.39 is 11.4 Å². The molecule has 0 saturated carbocycles. The number of fused-ring (bicyclic) bond motifs is 3. The van der Waals surface area contributed by atoms with Gasteiger partial charge in [0.1, 0.15) is 16.3 Å². The van der Waals surface area contributed by atoms with Crippen molar-refractivity contribution in [1.82, 2.24) is 15.2 Å². The largest absolute Gasteiger partial charge is 0.491 e. The van der Waals surface area contributed by atoms with Crippen molar-refractivity contribution in [2.75, 3.05) is 26.4 Å². The summed E-state index contributed by atoms with van der Waals surface area (Å²) >= 11 is 1.43. The minimum atomic E-state index is -1.50. The summed E-state index contributed by atoms with van der Waals surface area (Å²) in [4.78, 5) is 34.4. The molecular formula is C25H31N3O5S. The zero-order valence-corrected chi connectivity index (χ0v) is 21.0. The first kappa shape index (κ1) is 24.5. The molecule has 3 heterocycles. The molecule has 182 valence electrons. The van der Waals surface area contributed by atoms with E-state index >= 15 is 0 Å². The van der Waals surface area contributed by atoms with E-state index in [2.05, 4.69) is 5.32 Å². The Kier molecular flexibility index (Phi) is 6.89. The molecule has 8 nitrogen and oxygen atoms in total. The van der Waals surface area contributed by atoms with Crippen molar-refractivity contribution in [3.63, 3.8) is 0 Å². The molecule has 2 unspecified atom stereocenters. The van der Waals surface area contributed by atoms with Crippen molar-refractivity contribution in [2.45, 2.75) is 55.9 Å². The number of pyridine rings is 1. The number of ether oxygens (including phenoxy) is 3. The van der Waals surface area contributed by atoms with Crippen LogP contribution in [0.5, 0.6) is 5.75 Å². The van der Waals surface area contributed by atoms with Gasteiger partial charge in [-0.1, -0.05) is 43.8 Å². The van der Waals surface area contributed by atoms with E-state index in [1.807, 2.05) is 58.0 Å². The normalized spacial score (nSPS) is 23.3. The Balaban J connectivity index is 1.85. The molecule has 1 aromatic carbocycles. The highest BCUT2D eigenvalue weighted by atomic mass is 32.2. The molecule has 9 heteroatoms. The molecule has 34 heavy (non-hydrogen) atoms. The Morgan fingerprint density at radius 3 is 2.50 bits per heavy atom. The zero-order valence-electron chi connectivity index (χ0n) is 20.2. The molecule has 1 saturated heterocycles. The Morgan fingerprint density at radius 1 is 1.12 bits per heavy atom. The van der Waals surface area contributed by atoms with Gasteiger partial charge in [-0.3, -0.25) is 14.5 Å². The van der Waals surface area contributed by atoms with Crippen molar-refractivity contribution in [3.05, 3.63) is 47.7 Å². The first-order valence-electron chi connectivity index (χ1n) is 11.6. The minimum absolute atomic E-state index is 0.160. The van der Waals surface area contributed by atoms with E-state index in [-0.39, 0.29) is 24.3 Å². The van der Waals surface area contributed by atoms with Crippen LogP contribution in [-0.2, 0) is 20.1 Å². The second-order valence-corrected chi connectivity index (χ2v) is 9.68. The third kappa shape index (κ3) is 3.85. The summed E-state index contributed by atoms with van der Waals surface area (Å²) in [7, 11) is 0. The van der Waals surface area contributed by atoms with Gasteiger partial charge in [-0.2, -0.15) is 0 Å². The van der Waals surface area contributed by atoms with Gasteiger partial charge in [-0.25, -0.2) is 4.98 Å². The van der Waals surface area contributed by atoms with Crippen molar-refractivity contribution < 1.29 is 23.8 Å². The molecule has 0 spiro atoms. The molecule has 0 aliphatic carbocycles. The molecule has 1 N–H and O–H groups in total. The number of rotatable bonds is 10. The van der Waals surface area contributed by atoms with Gasteiger partial charge in [0.05, 0.1) is 25.4 Å². The lowest BCUT2D eigenvalue weighted by atomic mass is 9.87. The van der Waals surface area contributed by atoms with Gasteiger partial charge < -0.3 is 19.5 Å². The highest BCUT2D eigenvalue weighted by Crippen LogP contribution is 2.50. The summed E-state index contributed by atoms with van der Waals surface area (Å²) < 4.78 is 17.6. The molecule has 1 fully saturated rings. The first-order valence-corrected chi connectivity index (χ1v) is 12.4. The lowest BCUT2D eigenvalue weighted by Gasteiger charge is -2.39. The predicted molar refractivity (Wildman–Crippen MR) is 128 cm³/mol. The summed E-state index contributed by atoms with van der Waals surface area (Å²) in [6.07, 6.45) is 0. The number of aromatic nitrogens is 1. The van der Waals surface area contributed by atoms with E-state index in [4.69, 9.17) is 19.2 Å². The van der Waals surface area contributed by atoms with Crippen molar-refractivity contribution in [2.24, 2.45) is 5.92 Å².